The molecule has 2 N–H and O–H groups in total. The van der Waals surface area contributed by atoms with E-state index in [1.54, 1.807) is 24.3 Å². The number of ether oxygens (including phenoxy) is 3. The summed E-state index contributed by atoms with van der Waals surface area (Å²) in [5.74, 6) is 0.215. The van der Waals surface area contributed by atoms with Gasteiger partial charge in [0.25, 0.3) is 0 Å². The quantitative estimate of drug-likeness (QED) is 0.319. The van der Waals surface area contributed by atoms with E-state index in [1.807, 2.05) is 0 Å². The Morgan fingerprint density at radius 3 is 1.81 bits per heavy atom. The maximum atomic E-state index is 12.2. The Bertz CT molecular complexity index is 1120. The van der Waals surface area contributed by atoms with Gasteiger partial charge in [-0.05, 0) is 30.7 Å². The summed E-state index contributed by atoms with van der Waals surface area (Å²) in [4.78, 5) is 11.9. The van der Waals surface area contributed by atoms with Gasteiger partial charge in [-0.25, -0.2) is 26.3 Å². The van der Waals surface area contributed by atoms with Crippen molar-refractivity contribution in [3.63, 3.8) is 0 Å². The molecule has 0 radical (unpaired) electrons. The predicted molar refractivity (Wildman–Crippen MR) is 117 cm³/mol. The number of benzene rings is 2. The molecule has 0 unspecified atom stereocenters. The van der Waals surface area contributed by atoms with Crippen LogP contribution in [0, 0.1) is 0 Å². The lowest BCUT2D eigenvalue weighted by Gasteiger charge is -2.09. The first kappa shape index (κ1) is 25.6. The van der Waals surface area contributed by atoms with E-state index in [0.29, 0.717) is 11.5 Å². The van der Waals surface area contributed by atoms with Crippen LogP contribution in [0.25, 0.3) is 0 Å². The molecule has 176 valence electrons. The molecule has 0 fully saturated rings. The SMILES string of the molecule is COc1cccc(S(=O)(=O)NCCCOC(=O)CCNS(=O)(=O)c2cccc(OC)c2)c1. The molecule has 0 saturated carbocycles. The summed E-state index contributed by atoms with van der Waals surface area (Å²) in [6, 6.07) is 12.0. The van der Waals surface area contributed by atoms with Gasteiger partial charge < -0.3 is 14.2 Å². The van der Waals surface area contributed by atoms with Crippen LogP contribution in [0.5, 0.6) is 11.5 Å². The van der Waals surface area contributed by atoms with Crippen molar-refractivity contribution in [1.29, 1.82) is 0 Å². The van der Waals surface area contributed by atoms with Crippen molar-refractivity contribution in [1.82, 2.24) is 9.44 Å². The van der Waals surface area contributed by atoms with E-state index in [2.05, 4.69) is 9.44 Å². The summed E-state index contributed by atoms with van der Waals surface area (Å²) < 4.78 is 68.7. The monoisotopic (exact) mass is 486 g/mol. The Morgan fingerprint density at radius 1 is 0.812 bits per heavy atom. The second kappa shape index (κ2) is 11.8. The molecule has 2 rings (SSSR count). The average molecular weight is 487 g/mol. The van der Waals surface area contributed by atoms with E-state index in [-0.39, 0.29) is 42.3 Å². The minimum atomic E-state index is -3.79. The van der Waals surface area contributed by atoms with E-state index >= 15 is 0 Å². The van der Waals surface area contributed by atoms with Crippen molar-refractivity contribution in [2.75, 3.05) is 33.9 Å². The van der Waals surface area contributed by atoms with Crippen molar-refractivity contribution in [2.45, 2.75) is 22.6 Å². The van der Waals surface area contributed by atoms with Gasteiger partial charge in [-0.15, -0.1) is 0 Å². The molecule has 2 aromatic carbocycles. The molecule has 0 saturated heterocycles. The van der Waals surface area contributed by atoms with Crippen LogP contribution in [0.1, 0.15) is 12.8 Å². The Morgan fingerprint density at radius 2 is 1.31 bits per heavy atom. The molecule has 32 heavy (non-hydrogen) atoms. The van der Waals surface area contributed by atoms with Crippen molar-refractivity contribution in [3.8, 4) is 11.5 Å². The number of hydrogen-bond acceptors (Lipinski definition) is 8. The zero-order valence-electron chi connectivity index (χ0n) is 17.7. The Balaban J connectivity index is 1.69. The fourth-order valence-corrected chi connectivity index (χ4v) is 4.70. The Hall–Kier alpha value is -2.67. The van der Waals surface area contributed by atoms with Gasteiger partial charge in [-0.1, -0.05) is 12.1 Å². The molecule has 0 aliphatic rings. The molecule has 10 nitrogen and oxygen atoms in total. The van der Waals surface area contributed by atoms with Gasteiger partial charge in [0, 0.05) is 25.2 Å². The molecule has 0 aliphatic heterocycles. The van der Waals surface area contributed by atoms with Gasteiger partial charge in [-0.2, -0.15) is 0 Å². The third-order valence-corrected chi connectivity index (χ3v) is 7.12. The van der Waals surface area contributed by atoms with Crippen LogP contribution in [-0.4, -0.2) is 56.7 Å². The molecule has 12 heteroatoms. The van der Waals surface area contributed by atoms with Crippen molar-refractivity contribution < 1.29 is 35.8 Å². The first-order valence-corrected chi connectivity index (χ1v) is 12.6. The van der Waals surface area contributed by atoms with Gasteiger partial charge >= 0.3 is 5.97 Å². The van der Waals surface area contributed by atoms with E-state index in [4.69, 9.17) is 14.2 Å². The second-order valence-electron chi connectivity index (χ2n) is 6.48. The van der Waals surface area contributed by atoms with E-state index < -0.39 is 26.0 Å². The predicted octanol–water partition coefficient (Wildman–Crippen LogP) is 1.28. The molecule has 0 atom stereocenters. The lowest BCUT2D eigenvalue weighted by Crippen LogP contribution is -2.27. The van der Waals surface area contributed by atoms with Crippen LogP contribution in [0.3, 0.4) is 0 Å². The molecule has 0 spiro atoms. The number of esters is 1. The van der Waals surface area contributed by atoms with Crippen molar-refractivity contribution >= 4 is 26.0 Å². The van der Waals surface area contributed by atoms with Crippen LogP contribution in [0.2, 0.25) is 0 Å². The second-order valence-corrected chi connectivity index (χ2v) is 10.0. The topological polar surface area (TPSA) is 137 Å². The summed E-state index contributed by atoms with van der Waals surface area (Å²) in [6.45, 7) is -0.0851. The fraction of sp³-hybridized carbons (Fsp3) is 0.350. The number of rotatable bonds is 13. The average Bonchev–Trinajstić information content (AvgIpc) is 2.78. The summed E-state index contributed by atoms with van der Waals surface area (Å²) in [7, 11) is -4.63. The summed E-state index contributed by atoms with van der Waals surface area (Å²) in [5, 5.41) is 0. The molecule has 0 bridgehead atoms. The zero-order valence-corrected chi connectivity index (χ0v) is 19.4. The van der Waals surface area contributed by atoms with Crippen molar-refractivity contribution in [3.05, 3.63) is 48.5 Å². The lowest BCUT2D eigenvalue weighted by atomic mass is 10.3. The van der Waals surface area contributed by atoms with Crippen LogP contribution in [0.4, 0.5) is 0 Å². The normalized spacial score (nSPS) is 11.7. The van der Waals surface area contributed by atoms with Gasteiger partial charge in [0.15, 0.2) is 0 Å². The maximum Gasteiger partial charge on any atom is 0.307 e. The highest BCUT2D eigenvalue weighted by Crippen LogP contribution is 2.17. The number of sulfonamides is 2. The van der Waals surface area contributed by atoms with Crippen LogP contribution < -0.4 is 18.9 Å². The molecule has 2 aromatic rings. The minimum Gasteiger partial charge on any atom is -0.497 e. The Labute approximate surface area is 188 Å². The van der Waals surface area contributed by atoms with Gasteiger partial charge in [0.1, 0.15) is 11.5 Å². The summed E-state index contributed by atoms with van der Waals surface area (Å²) >= 11 is 0. The standard InChI is InChI=1S/C20H26N2O8S2/c1-28-16-6-3-8-18(14-16)31(24,25)21-11-5-13-30-20(23)10-12-22-32(26,27)19-9-4-7-17(15-19)29-2/h3-4,6-9,14-15,21-22H,5,10-13H2,1-2H3. The number of carbonyl (C=O) groups is 1. The number of nitrogens with one attached hydrogen (secondary N) is 2. The van der Waals surface area contributed by atoms with Crippen LogP contribution in [-0.2, 0) is 29.6 Å². The molecule has 0 heterocycles. The molecule has 0 aromatic heterocycles. The highest BCUT2D eigenvalue weighted by atomic mass is 32.2. The molecule has 0 aliphatic carbocycles. The molecular weight excluding hydrogens is 460 g/mol. The third-order valence-electron chi connectivity index (χ3n) is 4.20. The third kappa shape index (κ3) is 7.79. The molecule has 0 amide bonds. The van der Waals surface area contributed by atoms with E-state index in [0.717, 1.165) is 0 Å². The number of carbonyl (C=O) groups excluding carboxylic acids is 1. The largest absolute Gasteiger partial charge is 0.497 e. The van der Waals surface area contributed by atoms with Gasteiger partial charge in [0.2, 0.25) is 20.0 Å². The first-order chi connectivity index (χ1) is 15.2. The first-order valence-electron chi connectivity index (χ1n) is 9.61. The fourth-order valence-electron chi connectivity index (χ4n) is 2.53. The summed E-state index contributed by atoms with van der Waals surface area (Å²) in [5.41, 5.74) is 0. The minimum absolute atomic E-state index is 0.0118. The van der Waals surface area contributed by atoms with Crippen molar-refractivity contribution in [2.24, 2.45) is 0 Å². The maximum absolute atomic E-state index is 12.2. The van der Waals surface area contributed by atoms with Gasteiger partial charge in [-0.3, -0.25) is 4.79 Å². The lowest BCUT2D eigenvalue weighted by molar-refractivity contribution is -0.143. The zero-order chi connectivity index (χ0) is 23.6. The molecular formula is C20H26N2O8S2. The van der Waals surface area contributed by atoms with E-state index in [1.165, 1.54) is 38.5 Å². The number of hydrogen-bond donors (Lipinski definition) is 2. The smallest absolute Gasteiger partial charge is 0.307 e. The van der Waals surface area contributed by atoms with Gasteiger partial charge in [0.05, 0.1) is 37.0 Å². The highest BCUT2D eigenvalue weighted by molar-refractivity contribution is 7.89. The van der Waals surface area contributed by atoms with Crippen LogP contribution in [0.15, 0.2) is 58.3 Å². The summed E-state index contributed by atoms with van der Waals surface area (Å²) in [6.07, 6.45) is 0.0865. The van der Waals surface area contributed by atoms with E-state index in [9.17, 15) is 21.6 Å². The van der Waals surface area contributed by atoms with Crippen LogP contribution >= 0.6 is 0 Å². The highest BCUT2D eigenvalue weighted by Gasteiger charge is 2.16. The number of methoxy groups -OCH3 is 2. The Kier molecular flexibility index (Phi) is 9.44.